The molecule has 5 rings (SSSR count). The number of Topliss-reactive ketones (excluding diaryl/α,β-unsaturated/α-hetero) is 1. The minimum atomic E-state index is -2.25. The lowest BCUT2D eigenvalue weighted by molar-refractivity contribution is -0.318. The number of carbonyl (C=O) groups is 3. The number of nitrogens with zero attached hydrogens (tertiary/aromatic N) is 2. The first kappa shape index (κ1) is 53.6. The molecule has 0 saturated carbocycles. The number of pyridine rings is 1. The maximum Gasteiger partial charge on any atom is 0.407 e. The lowest BCUT2D eigenvalue weighted by Gasteiger charge is -2.49. The number of aliphatic hydroxyl groups excluding tert-OH is 3. The highest BCUT2D eigenvalue weighted by Crippen LogP contribution is 2.41. The number of para-hydroxylation sites is 1. The molecule has 3 aliphatic rings. The van der Waals surface area contributed by atoms with Crippen LogP contribution in [0.1, 0.15) is 93.6 Å². The second kappa shape index (κ2) is 21.9. The highest BCUT2D eigenvalue weighted by Gasteiger charge is 2.53. The Morgan fingerprint density at radius 1 is 0.924 bits per heavy atom. The number of hydrogen-bond donors (Lipinski definition) is 6. The van der Waals surface area contributed by atoms with Crippen molar-refractivity contribution in [3.05, 3.63) is 42.1 Å². The van der Waals surface area contributed by atoms with Crippen molar-refractivity contribution < 1.29 is 73.1 Å². The zero-order valence-corrected chi connectivity index (χ0v) is 40.6. The van der Waals surface area contributed by atoms with Gasteiger partial charge in [0.2, 0.25) is 0 Å². The minimum absolute atomic E-state index is 0.0283. The summed E-state index contributed by atoms with van der Waals surface area (Å²) < 4.78 is 43.1. The van der Waals surface area contributed by atoms with Crippen LogP contribution in [0.15, 0.2) is 36.5 Å². The predicted molar refractivity (Wildman–Crippen MR) is 241 cm³/mol. The molecule has 1 aromatic heterocycles. The number of ketones is 1. The van der Waals surface area contributed by atoms with E-state index in [0.29, 0.717) is 6.42 Å². The molecule has 1 amide bonds. The number of aliphatic hydroxyl groups is 5. The van der Waals surface area contributed by atoms with Crippen LogP contribution in [0.2, 0.25) is 0 Å². The predicted octanol–water partition coefficient (Wildman–Crippen LogP) is 3.24. The minimum Gasteiger partial charge on any atom is -0.459 e. The van der Waals surface area contributed by atoms with Gasteiger partial charge in [0, 0.05) is 67.4 Å². The fraction of sp³-hybridized carbons (Fsp3) is 0.750. The monoisotopic (exact) mass is 934 g/mol. The highest BCUT2D eigenvalue weighted by atomic mass is 16.7. The summed E-state index contributed by atoms with van der Waals surface area (Å²) in [4.78, 5) is 48.1. The summed E-state index contributed by atoms with van der Waals surface area (Å²) in [6.45, 7) is 14.0. The van der Waals surface area contributed by atoms with Crippen LogP contribution in [-0.4, -0.2) is 165 Å². The van der Waals surface area contributed by atoms with Crippen molar-refractivity contribution in [2.75, 3.05) is 27.7 Å². The number of methoxy groups -OCH3 is 1. The summed E-state index contributed by atoms with van der Waals surface area (Å²) in [6.07, 6.45) is -10.5. The van der Waals surface area contributed by atoms with Crippen LogP contribution in [0.4, 0.5) is 4.79 Å². The zero-order valence-electron chi connectivity index (χ0n) is 40.6. The molecular weight excluding hydrogens is 859 g/mol. The molecule has 18 heteroatoms. The number of fused-ring (bicyclic) bond motifs is 1. The van der Waals surface area contributed by atoms with E-state index in [1.54, 1.807) is 46.9 Å². The number of benzene rings is 1. The molecule has 2 aromatic rings. The Kier molecular flexibility index (Phi) is 17.8. The molecule has 0 radical (unpaired) electrons. The molecule has 18 nitrogen and oxygen atoms in total. The van der Waals surface area contributed by atoms with Gasteiger partial charge in [-0.2, -0.15) is 0 Å². The van der Waals surface area contributed by atoms with Crippen molar-refractivity contribution in [2.45, 2.75) is 179 Å². The number of hydrogen-bond acceptors (Lipinski definition) is 17. The standard InChI is InChI=1S/C48H75N3O15/c1-25-22-46(7,58)42(66-44-38(53)34(51(10)11)21-26(2)62-44)28(4)39(65-36-23-47(8,60-12)41(55)30(6)63-36)29(5)43(56)64-35(48(9,59)40(54)27(3)37(25)52)18-20-50-45(57)61-24-31-17-19-49-33-16-14-13-15-32(31)33/h13-17,19,25-30,34-36,38-42,44,53-55,58-59H,18,20-24H2,1-12H3,(H,50,57)/t25-,26?,27+,28+,29-,30?,34?,35-,36?,38?,39+,40-,41?,42-,44?,46-,47?,48-/m1/s1. The maximum absolute atomic E-state index is 14.7. The van der Waals surface area contributed by atoms with Crippen molar-refractivity contribution in [1.82, 2.24) is 15.2 Å². The van der Waals surface area contributed by atoms with E-state index in [9.17, 15) is 39.9 Å². The van der Waals surface area contributed by atoms with Crippen LogP contribution < -0.4 is 5.32 Å². The van der Waals surface area contributed by atoms with E-state index in [1.807, 2.05) is 50.2 Å². The lowest BCUT2D eigenvalue weighted by Crippen LogP contribution is -2.61. The second-order valence-corrected chi connectivity index (χ2v) is 19.8. The Morgan fingerprint density at radius 2 is 1.61 bits per heavy atom. The topological polar surface area (TPSA) is 245 Å². The number of rotatable bonds is 11. The number of amides is 1. The van der Waals surface area contributed by atoms with Gasteiger partial charge in [0.05, 0.1) is 53.2 Å². The van der Waals surface area contributed by atoms with E-state index in [0.717, 1.165) is 16.5 Å². The molecule has 0 bridgehead atoms. The van der Waals surface area contributed by atoms with Crippen LogP contribution in [0.3, 0.4) is 0 Å². The molecule has 0 aliphatic carbocycles. The molecule has 372 valence electrons. The Balaban J connectivity index is 1.49. The Bertz CT molecular complexity index is 1950. The molecular formula is C48H75N3O15. The van der Waals surface area contributed by atoms with Crippen LogP contribution in [0.25, 0.3) is 10.9 Å². The summed E-state index contributed by atoms with van der Waals surface area (Å²) in [6, 6.07) is 8.79. The average molecular weight is 934 g/mol. The molecule has 4 heterocycles. The van der Waals surface area contributed by atoms with Crippen LogP contribution in [0, 0.1) is 23.7 Å². The number of aromatic nitrogens is 1. The van der Waals surface area contributed by atoms with Crippen molar-refractivity contribution in [2.24, 2.45) is 23.7 Å². The van der Waals surface area contributed by atoms with E-state index in [1.165, 1.54) is 27.9 Å². The largest absolute Gasteiger partial charge is 0.459 e. The SMILES string of the molecule is COC1(C)CC(O[C@H]2[C@H](C)[C@@H](OC3OC(C)CC(N(C)C)C3O)[C@](C)(O)C[C@@H](C)C(=O)[C@H](C)[C@@H](O)[C@](C)(O)[C@@H](CCNC(=O)OCc3ccnc4ccccc34)OC(=O)[C@@H]2C)OC(C)C1O. The van der Waals surface area contributed by atoms with Crippen LogP contribution in [0.5, 0.6) is 0 Å². The molecule has 66 heavy (non-hydrogen) atoms. The summed E-state index contributed by atoms with van der Waals surface area (Å²) in [5.41, 5.74) is -3.78. The fourth-order valence-corrected chi connectivity index (χ4v) is 10.0. The third-order valence-corrected chi connectivity index (χ3v) is 14.2. The van der Waals surface area contributed by atoms with Gasteiger partial charge in [-0.15, -0.1) is 0 Å². The van der Waals surface area contributed by atoms with E-state index < -0.39 is 114 Å². The third kappa shape index (κ3) is 12.1. The number of alkyl carbamates (subject to hydrolysis) is 1. The molecule has 6 N–H and O–H groups in total. The highest BCUT2D eigenvalue weighted by molar-refractivity contribution is 5.84. The zero-order chi connectivity index (χ0) is 49.1. The van der Waals surface area contributed by atoms with Gasteiger partial charge in [0.15, 0.2) is 12.6 Å². The van der Waals surface area contributed by atoms with Gasteiger partial charge in [0.25, 0.3) is 0 Å². The van der Waals surface area contributed by atoms with Gasteiger partial charge in [-0.05, 0) is 80.6 Å². The Hall–Kier alpha value is -3.40. The van der Waals surface area contributed by atoms with E-state index in [2.05, 4.69) is 10.3 Å². The first-order chi connectivity index (χ1) is 30.8. The number of cyclic esters (lactones) is 1. The average Bonchev–Trinajstić information content (AvgIpc) is 3.26. The van der Waals surface area contributed by atoms with E-state index in [-0.39, 0.29) is 44.6 Å². The summed E-state index contributed by atoms with van der Waals surface area (Å²) in [5, 5.41) is 62.6. The third-order valence-electron chi connectivity index (χ3n) is 14.2. The molecule has 3 saturated heterocycles. The van der Waals surface area contributed by atoms with Gasteiger partial charge < -0.3 is 68.9 Å². The maximum atomic E-state index is 14.7. The number of ether oxygens (including phenoxy) is 7. The van der Waals surface area contributed by atoms with Crippen molar-refractivity contribution in [3.8, 4) is 0 Å². The van der Waals surface area contributed by atoms with Gasteiger partial charge in [-0.3, -0.25) is 14.6 Å². The first-order valence-corrected chi connectivity index (χ1v) is 23.1. The first-order valence-electron chi connectivity index (χ1n) is 23.1. The van der Waals surface area contributed by atoms with Gasteiger partial charge in [-0.25, -0.2) is 4.79 Å². The molecule has 8 unspecified atom stereocenters. The lowest BCUT2D eigenvalue weighted by atomic mass is 9.74. The quantitative estimate of drug-likeness (QED) is 0.177. The number of nitrogens with one attached hydrogen (secondary N) is 1. The fourth-order valence-electron chi connectivity index (χ4n) is 10.0. The van der Waals surface area contributed by atoms with Crippen LogP contribution in [-0.2, 0) is 49.4 Å². The van der Waals surface area contributed by atoms with E-state index in [4.69, 9.17) is 33.2 Å². The molecule has 3 fully saturated rings. The summed E-state index contributed by atoms with van der Waals surface area (Å²) in [7, 11) is 5.12. The Morgan fingerprint density at radius 3 is 2.27 bits per heavy atom. The second-order valence-electron chi connectivity index (χ2n) is 19.8. The molecule has 3 aliphatic heterocycles. The van der Waals surface area contributed by atoms with E-state index >= 15 is 0 Å². The normalized spacial score (nSPS) is 41.0. The summed E-state index contributed by atoms with van der Waals surface area (Å²) in [5.74, 6) is -5.71. The Labute approximate surface area is 388 Å². The van der Waals surface area contributed by atoms with Gasteiger partial charge >= 0.3 is 12.1 Å². The number of carbonyl (C=O) groups excluding carboxylic acids is 3. The van der Waals surface area contributed by atoms with Crippen molar-refractivity contribution >= 4 is 28.7 Å². The molecule has 1 aromatic carbocycles. The molecule has 18 atom stereocenters. The van der Waals surface area contributed by atoms with Gasteiger partial charge in [-0.1, -0.05) is 39.0 Å². The van der Waals surface area contributed by atoms with Crippen molar-refractivity contribution in [1.29, 1.82) is 0 Å². The molecule has 0 spiro atoms. The smallest absolute Gasteiger partial charge is 0.407 e. The number of esters is 1. The van der Waals surface area contributed by atoms with Crippen molar-refractivity contribution in [3.63, 3.8) is 0 Å². The summed E-state index contributed by atoms with van der Waals surface area (Å²) >= 11 is 0. The van der Waals surface area contributed by atoms with Crippen LogP contribution >= 0.6 is 0 Å². The van der Waals surface area contributed by atoms with Gasteiger partial charge in [0.1, 0.15) is 36.3 Å². The number of likely N-dealkylation sites (N-methyl/N-ethyl adjacent to an activating group) is 1.